The first-order valence-corrected chi connectivity index (χ1v) is 7.91. The quantitative estimate of drug-likeness (QED) is 0.432. The minimum absolute atomic E-state index is 0.203. The van der Waals surface area contributed by atoms with Gasteiger partial charge in [0.2, 0.25) is 0 Å². The molecule has 0 bridgehead atoms. The number of ether oxygens (including phenoxy) is 1. The first-order valence-electron chi connectivity index (χ1n) is 6.86. The predicted molar refractivity (Wildman–Crippen MR) is 80.3 cm³/mol. The number of anilines is 1. The Bertz CT molecular complexity index is 445. The number of carbonyl (C=O) groups is 2. The zero-order valence-corrected chi connectivity index (χ0v) is 14.1. The standard InChI is InChI=1S/C15H20GeNO3/c1-3-5-10-17(13-8-6-12(16)7-9-13)14(18)11-15(19)20-4-2/h6-9H,3-5,10-11H2,1-2H3. The molecule has 1 aromatic rings. The maximum absolute atomic E-state index is 12.2. The van der Waals surface area contributed by atoms with Gasteiger partial charge < -0.3 is 0 Å². The third-order valence-corrected chi connectivity index (χ3v) is 3.52. The van der Waals surface area contributed by atoms with Crippen LogP contribution >= 0.6 is 0 Å². The number of rotatable bonds is 7. The molecule has 0 heterocycles. The number of nitrogens with zero attached hydrogens (tertiary/aromatic N) is 1. The molecule has 0 aliphatic carbocycles. The fourth-order valence-corrected chi connectivity index (χ4v) is 2.14. The Hall–Kier alpha value is -1.30. The molecule has 0 aliphatic rings. The van der Waals surface area contributed by atoms with Crippen molar-refractivity contribution < 1.29 is 14.3 Å². The molecule has 3 radical (unpaired) electrons. The molecule has 20 heavy (non-hydrogen) atoms. The van der Waals surface area contributed by atoms with E-state index in [0.717, 1.165) is 22.9 Å². The van der Waals surface area contributed by atoms with Crippen LogP contribution in [-0.2, 0) is 14.3 Å². The van der Waals surface area contributed by atoms with Crippen molar-refractivity contribution in [3.63, 3.8) is 0 Å². The molecule has 0 spiro atoms. The van der Waals surface area contributed by atoms with Crippen LogP contribution in [0.3, 0.4) is 0 Å². The summed E-state index contributed by atoms with van der Waals surface area (Å²) in [7, 11) is 0. The SMILES string of the molecule is CCCCN(C(=O)CC(=O)OCC)c1cc[c]([Ge])cc1. The van der Waals surface area contributed by atoms with Crippen LogP contribution < -0.4 is 9.30 Å². The van der Waals surface area contributed by atoms with E-state index in [9.17, 15) is 9.59 Å². The summed E-state index contributed by atoms with van der Waals surface area (Å²) in [6, 6.07) is 7.75. The van der Waals surface area contributed by atoms with E-state index in [0.29, 0.717) is 13.2 Å². The summed E-state index contributed by atoms with van der Waals surface area (Å²) in [4.78, 5) is 25.4. The van der Waals surface area contributed by atoms with Gasteiger partial charge in [0.05, 0.1) is 0 Å². The molecule has 0 saturated heterocycles. The van der Waals surface area contributed by atoms with E-state index in [1.54, 1.807) is 11.8 Å². The van der Waals surface area contributed by atoms with Gasteiger partial charge in [0, 0.05) is 0 Å². The van der Waals surface area contributed by atoms with Gasteiger partial charge in [-0.15, -0.1) is 0 Å². The molecular formula is C15H20GeNO3. The fourth-order valence-electron chi connectivity index (χ4n) is 1.79. The Labute approximate surface area is 128 Å². The van der Waals surface area contributed by atoms with Gasteiger partial charge in [0.15, 0.2) is 0 Å². The van der Waals surface area contributed by atoms with Crippen molar-refractivity contribution in [3.05, 3.63) is 24.3 Å². The summed E-state index contributed by atoms with van der Waals surface area (Å²) in [6.45, 7) is 4.73. The topological polar surface area (TPSA) is 46.6 Å². The third kappa shape index (κ3) is 5.37. The van der Waals surface area contributed by atoms with E-state index in [4.69, 9.17) is 4.74 Å². The molecule has 0 aromatic heterocycles. The van der Waals surface area contributed by atoms with Gasteiger partial charge in [-0.3, -0.25) is 0 Å². The first-order chi connectivity index (χ1) is 9.58. The molecule has 0 aliphatic heterocycles. The second-order valence-corrected chi connectivity index (χ2v) is 5.64. The Morgan fingerprint density at radius 1 is 1.20 bits per heavy atom. The number of hydrogen-bond acceptors (Lipinski definition) is 3. The van der Waals surface area contributed by atoms with Gasteiger partial charge in [-0.25, -0.2) is 0 Å². The van der Waals surface area contributed by atoms with Crippen molar-refractivity contribution in [1.82, 2.24) is 0 Å². The molecule has 107 valence electrons. The molecule has 0 unspecified atom stereocenters. The van der Waals surface area contributed by atoms with E-state index in [2.05, 4.69) is 6.92 Å². The average molecular weight is 335 g/mol. The molecule has 0 fully saturated rings. The molecule has 1 aromatic carbocycles. The van der Waals surface area contributed by atoms with Crippen LogP contribution in [0.5, 0.6) is 0 Å². The van der Waals surface area contributed by atoms with Gasteiger partial charge in [-0.2, -0.15) is 0 Å². The van der Waals surface area contributed by atoms with Crippen molar-refractivity contribution in [1.29, 1.82) is 0 Å². The van der Waals surface area contributed by atoms with Gasteiger partial charge in [-0.1, -0.05) is 0 Å². The van der Waals surface area contributed by atoms with Gasteiger partial charge in [0.1, 0.15) is 0 Å². The Morgan fingerprint density at radius 3 is 2.40 bits per heavy atom. The molecular weight excluding hydrogens is 315 g/mol. The predicted octanol–water partition coefficient (Wildman–Crippen LogP) is 1.57. The summed E-state index contributed by atoms with van der Waals surface area (Å²) in [5, 5.41) is 0. The summed E-state index contributed by atoms with van der Waals surface area (Å²) in [6.07, 6.45) is 1.70. The number of unbranched alkanes of at least 4 members (excludes halogenated alkanes) is 1. The normalized spacial score (nSPS) is 10.2. The van der Waals surface area contributed by atoms with E-state index in [1.807, 2.05) is 40.8 Å². The molecule has 0 saturated carbocycles. The zero-order valence-electron chi connectivity index (χ0n) is 12.0. The van der Waals surface area contributed by atoms with Crippen molar-refractivity contribution in [2.75, 3.05) is 18.1 Å². The number of hydrogen-bond donors (Lipinski definition) is 0. The van der Waals surface area contributed by atoms with E-state index in [-0.39, 0.29) is 12.3 Å². The van der Waals surface area contributed by atoms with Crippen molar-refractivity contribution in [2.24, 2.45) is 0 Å². The van der Waals surface area contributed by atoms with E-state index in [1.165, 1.54) is 0 Å². The van der Waals surface area contributed by atoms with Crippen LogP contribution in [0.1, 0.15) is 33.1 Å². The van der Waals surface area contributed by atoms with Crippen LogP contribution in [0.4, 0.5) is 5.69 Å². The monoisotopic (exact) mass is 336 g/mol. The number of benzene rings is 1. The van der Waals surface area contributed by atoms with Crippen LogP contribution in [0.25, 0.3) is 0 Å². The molecule has 1 rings (SSSR count). The van der Waals surface area contributed by atoms with Gasteiger partial charge >= 0.3 is 128 Å². The second kappa shape index (κ2) is 8.79. The summed E-state index contributed by atoms with van der Waals surface area (Å²) in [5.41, 5.74) is 0.832. The van der Waals surface area contributed by atoms with Crippen molar-refractivity contribution in [3.8, 4) is 0 Å². The zero-order chi connectivity index (χ0) is 15.0. The Balaban J connectivity index is 2.80. The molecule has 0 atom stereocenters. The number of esters is 1. The third-order valence-electron chi connectivity index (χ3n) is 2.82. The Morgan fingerprint density at radius 2 is 1.85 bits per heavy atom. The van der Waals surface area contributed by atoms with Crippen LogP contribution in [0, 0.1) is 0 Å². The minimum atomic E-state index is -0.467. The van der Waals surface area contributed by atoms with Crippen LogP contribution in [0.2, 0.25) is 0 Å². The summed E-state index contributed by atoms with van der Waals surface area (Å²) >= 11 is 2.00. The van der Waals surface area contributed by atoms with E-state index < -0.39 is 5.97 Å². The summed E-state index contributed by atoms with van der Waals surface area (Å²) in [5.74, 6) is -0.674. The van der Waals surface area contributed by atoms with Crippen molar-refractivity contribution in [2.45, 2.75) is 33.1 Å². The molecule has 4 nitrogen and oxygen atoms in total. The van der Waals surface area contributed by atoms with Crippen molar-refractivity contribution >= 4 is 38.5 Å². The van der Waals surface area contributed by atoms with Crippen LogP contribution in [-0.4, -0.2) is 41.5 Å². The molecule has 5 heteroatoms. The first kappa shape index (κ1) is 16.8. The second-order valence-electron chi connectivity index (χ2n) is 4.43. The average Bonchev–Trinajstić information content (AvgIpc) is 2.41. The van der Waals surface area contributed by atoms with E-state index >= 15 is 0 Å². The number of amides is 1. The van der Waals surface area contributed by atoms with Crippen LogP contribution in [0.15, 0.2) is 24.3 Å². The molecule has 1 amide bonds. The van der Waals surface area contributed by atoms with Gasteiger partial charge in [0.25, 0.3) is 0 Å². The Kier molecular flexibility index (Phi) is 7.36. The molecule has 0 N–H and O–H groups in total. The summed E-state index contributed by atoms with van der Waals surface area (Å²) < 4.78 is 5.98. The fraction of sp³-hybridized carbons (Fsp3) is 0.467. The maximum atomic E-state index is 12.2. The van der Waals surface area contributed by atoms with Gasteiger partial charge in [-0.05, 0) is 0 Å². The number of carbonyl (C=O) groups excluding carboxylic acids is 2.